The highest BCUT2D eigenvalue weighted by molar-refractivity contribution is 5.92. The molecule has 2 aromatic rings. The summed E-state index contributed by atoms with van der Waals surface area (Å²) in [6.45, 7) is 3.91. The fraction of sp³-hybridized carbons (Fsp3) is 0.348. The number of carbonyl (C=O) groups excluding carboxylic acids is 1. The first-order valence-corrected chi connectivity index (χ1v) is 9.67. The van der Waals surface area contributed by atoms with Gasteiger partial charge in [0.05, 0.1) is 27.4 Å². The molecule has 1 aliphatic heterocycles. The van der Waals surface area contributed by atoms with E-state index in [4.69, 9.17) is 14.2 Å². The second kappa shape index (κ2) is 9.98. The Morgan fingerprint density at radius 1 is 1.10 bits per heavy atom. The van der Waals surface area contributed by atoms with Crippen LogP contribution in [0.1, 0.15) is 11.1 Å². The maximum absolute atomic E-state index is 12.5. The van der Waals surface area contributed by atoms with Crippen molar-refractivity contribution in [1.29, 1.82) is 0 Å². The minimum Gasteiger partial charge on any atom is -0.497 e. The summed E-state index contributed by atoms with van der Waals surface area (Å²) in [7, 11) is 5.00. The number of rotatable bonds is 7. The van der Waals surface area contributed by atoms with Crippen LogP contribution in [0, 0.1) is 0 Å². The molecule has 0 bridgehead atoms. The van der Waals surface area contributed by atoms with Gasteiger partial charge in [0.2, 0.25) is 5.91 Å². The molecule has 154 valence electrons. The number of nitrogens with zero attached hydrogens (tertiary/aromatic N) is 2. The Labute approximate surface area is 172 Å². The number of carbonyl (C=O) groups is 1. The molecular weight excluding hydrogens is 368 g/mol. The Morgan fingerprint density at radius 3 is 2.48 bits per heavy atom. The van der Waals surface area contributed by atoms with Gasteiger partial charge in [-0.3, -0.25) is 4.79 Å². The third-order valence-corrected chi connectivity index (χ3v) is 4.95. The molecule has 29 heavy (non-hydrogen) atoms. The van der Waals surface area contributed by atoms with Crippen LogP contribution in [0.4, 0.5) is 5.69 Å². The highest BCUT2D eigenvalue weighted by atomic mass is 16.5. The first-order chi connectivity index (χ1) is 14.1. The number of morpholine rings is 1. The van der Waals surface area contributed by atoms with Crippen LogP contribution in [-0.4, -0.2) is 58.4 Å². The van der Waals surface area contributed by atoms with E-state index in [0.29, 0.717) is 18.0 Å². The molecule has 6 nitrogen and oxygen atoms in total. The number of methoxy groups -OCH3 is 2. The summed E-state index contributed by atoms with van der Waals surface area (Å²) in [5, 5.41) is 0. The van der Waals surface area contributed by atoms with Gasteiger partial charge in [0, 0.05) is 50.1 Å². The van der Waals surface area contributed by atoms with E-state index in [1.165, 1.54) is 5.69 Å². The van der Waals surface area contributed by atoms with Crippen LogP contribution >= 0.6 is 0 Å². The van der Waals surface area contributed by atoms with Gasteiger partial charge in [-0.1, -0.05) is 12.1 Å². The predicted octanol–water partition coefficient (Wildman–Crippen LogP) is 3.21. The molecule has 3 rings (SSSR count). The number of benzene rings is 2. The van der Waals surface area contributed by atoms with Crippen LogP contribution < -0.4 is 14.4 Å². The zero-order valence-corrected chi connectivity index (χ0v) is 17.3. The number of ether oxygens (including phenoxy) is 3. The normalized spacial score (nSPS) is 14.1. The van der Waals surface area contributed by atoms with Crippen molar-refractivity contribution in [3.8, 4) is 11.5 Å². The van der Waals surface area contributed by atoms with Gasteiger partial charge in [-0.05, 0) is 35.9 Å². The minimum atomic E-state index is -0.0693. The van der Waals surface area contributed by atoms with Crippen molar-refractivity contribution in [3.63, 3.8) is 0 Å². The molecule has 0 atom stereocenters. The fourth-order valence-electron chi connectivity index (χ4n) is 3.23. The lowest BCUT2D eigenvalue weighted by molar-refractivity contribution is -0.125. The average Bonchev–Trinajstić information content (AvgIpc) is 2.78. The molecule has 0 spiro atoms. The monoisotopic (exact) mass is 396 g/mol. The van der Waals surface area contributed by atoms with Crippen LogP contribution in [0.15, 0.2) is 48.5 Å². The van der Waals surface area contributed by atoms with E-state index in [1.807, 2.05) is 12.1 Å². The SMILES string of the molecule is COc1ccc(/C=C/C(=O)N(C)Cc2ccc(N3CCOCC3)cc2)c(OC)c1. The van der Waals surface area contributed by atoms with E-state index in [9.17, 15) is 4.79 Å². The Kier molecular flexibility index (Phi) is 7.14. The molecule has 0 radical (unpaired) electrons. The Bertz CT molecular complexity index is 842. The van der Waals surface area contributed by atoms with Gasteiger partial charge < -0.3 is 24.0 Å². The number of amides is 1. The predicted molar refractivity (Wildman–Crippen MR) is 115 cm³/mol. The molecule has 0 N–H and O–H groups in total. The largest absolute Gasteiger partial charge is 0.497 e. The van der Waals surface area contributed by atoms with E-state index >= 15 is 0 Å². The summed E-state index contributed by atoms with van der Waals surface area (Å²) >= 11 is 0. The zero-order valence-electron chi connectivity index (χ0n) is 17.3. The summed E-state index contributed by atoms with van der Waals surface area (Å²) in [5.74, 6) is 1.30. The van der Waals surface area contributed by atoms with E-state index < -0.39 is 0 Å². The van der Waals surface area contributed by atoms with Crippen molar-refractivity contribution < 1.29 is 19.0 Å². The molecule has 0 unspecified atom stereocenters. The van der Waals surface area contributed by atoms with Gasteiger partial charge in [0.25, 0.3) is 0 Å². The van der Waals surface area contributed by atoms with Crippen LogP contribution in [0.3, 0.4) is 0 Å². The Balaban J connectivity index is 1.59. The second-order valence-electron chi connectivity index (χ2n) is 6.90. The Morgan fingerprint density at radius 2 is 1.83 bits per heavy atom. The molecule has 6 heteroatoms. The molecule has 1 heterocycles. The van der Waals surface area contributed by atoms with Gasteiger partial charge in [-0.2, -0.15) is 0 Å². The van der Waals surface area contributed by atoms with E-state index in [-0.39, 0.29) is 5.91 Å². The molecule has 1 aliphatic rings. The van der Waals surface area contributed by atoms with E-state index in [0.717, 1.165) is 37.4 Å². The quantitative estimate of drug-likeness (QED) is 0.673. The van der Waals surface area contributed by atoms with Crippen molar-refractivity contribution in [3.05, 3.63) is 59.7 Å². The summed E-state index contributed by atoms with van der Waals surface area (Å²) in [6, 6.07) is 13.9. The van der Waals surface area contributed by atoms with E-state index in [2.05, 4.69) is 29.2 Å². The summed E-state index contributed by atoms with van der Waals surface area (Å²) in [6.07, 6.45) is 3.32. The highest BCUT2D eigenvalue weighted by Gasteiger charge is 2.12. The number of hydrogen-bond donors (Lipinski definition) is 0. The van der Waals surface area contributed by atoms with E-state index in [1.54, 1.807) is 44.4 Å². The lowest BCUT2D eigenvalue weighted by Gasteiger charge is -2.29. The van der Waals surface area contributed by atoms with Crippen molar-refractivity contribution >= 4 is 17.7 Å². The Hall–Kier alpha value is -2.99. The topological polar surface area (TPSA) is 51.2 Å². The first-order valence-electron chi connectivity index (χ1n) is 9.67. The number of hydrogen-bond acceptors (Lipinski definition) is 5. The molecule has 2 aromatic carbocycles. The molecular formula is C23H28N2O4. The van der Waals surface area contributed by atoms with Crippen LogP contribution in [0.25, 0.3) is 6.08 Å². The van der Waals surface area contributed by atoms with Crippen LogP contribution in [0.2, 0.25) is 0 Å². The fourth-order valence-corrected chi connectivity index (χ4v) is 3.23. The minimum absolute atomic E-state index is 0.0693. The third kappa shape index (κ3) is 5.51. The van der Waals surface area contributed by atoms with Gasteiger partial charge in [-0.15, -0.1) is 0 Å². The molecule has 1 saturated heterocycles. The average molecular weight is 396 g/mol. The molecule has 0 aromatic heterocycles. The number of anilines is 1. The maximum atomic E-state index is 12.5. The van der Waals surface area contributed by atoms with Crippen molar-refractivity contribution in [1.82, 2.24) is 4.90 Å². The maximum Gasteiger partial charge on any atom is 0.246 e. The molecule has 0 aliphatic carbocycles. The summed E-state index contributed by atoms with van der Waals surface area (Å²) < 4.78 is 16.0. The summed E-state index contributed by atoms with van der Waals surface area (Å²) in [5.41, 5.74) is 3.11. The van der Waals surface area contributed by atoms with Crippen molar-refractivity contribution in [2.24, 2.45) is 0 Å². The highest BCUT2D eigenvalue weighted by Crippen LogP contribution is 2.25. The first kappa shape index (κ1) is 20.7. The van der Waals surface area contributed by atoms with Crippen LogP contribution in [-0.2, 0) is 16.1 Å². The zero-order chi connectivity index (χ0) is 20.6. The third-order valence-electron chi connectivity index (χ3n) is 4.95. The lowest BCUT2D eigenvalue weighted by atomic mass is 10.1. The smallest absolute Gasteiger partial charge is 0.246 e. The van der Waals surface area contributed by atoms with Gasteiger partial charge in [-0.25, -0.2) is 0 Å². The van der Waals surface area contributed by atoms with Gasteiger partial charge >= 0.3 is 0 Å². The standard InChI is InChI=1S/C23H28N2O4/c1-24(17-18-4-8-20(9-5-18)25-12-14-29-15-13-25)23(26)11-7-19-6-10-21(27-2)16-22(19)28-3/h4-11,16H,12-15,17H2,1-3H3/b11-7+. The van der Waals surface area contributed by atoms with Gasteiger partial charge in [0.1, 0.15) is 11.5 Å². The lowest BCUT2D eigenvalue weighted by Crippen LogP contribution is -2.36. The van der Waals surface area contributed by atoms with Crippen molar-refractivity contribution in [2.45, 2.75) is 6.54 Å². The summed E-state index contributed by atoms with van der Waals surface area (Å²) in [4.78, 5) is 16.5. The van der Waals surface area contributed by atoms with Gasteiger partial charge in [0.15, 0.2) is 0 Å². The van der Waals surface area contributed by atoms with Crippen LogP contribution in [0.5, 0.6) is 11.5 Å². The van der Waals surface area contributed by atoms with Crippen molar-refractivity contribution in [2.75, 3.05) is 52.5 Å². The molecule has 0 saturated carbocycles. The number of likely N-dealkylation sites (N-methyl/N-ethyl adjacent to an activating group) is 1. The second-order valence-corrected chi connectivity index (χ2v) is 6.90. The molecule has 1 amide bonds. The molecule has 1 fully saturated rings.